The fourth-order valence-corrected chi connectivity index (χ4v) is 5.24. The third-order valence-electron chi connectivity index (χ3n) is 6.50. The summed E-state index contributed by atoms with van der Waals surface area (Å²) >= 11 is 0. The van der Waals surface area contributed by atoms with E-state index < -0.39 is 36.0 Å². The summed E-state index contributed by atoms with van der Waals surface area (Å²) in [4.78, 5) is 26.7. The third kappa shape index (κ3) is 3.18. The van der Waals surface area contributed by atoms with Gasteiger partial charge in [-0.25, -0.2) is 9.59 Å². The van der Waals surface area contributed by atoms with E-state index in [1.165, 1.54) is 11.8 Å². The van der Waals surface area contributed by atoms with Crippen molar-refractivity contribution in [3.63, 3.8) is 0 Å². The third-order valence-corrected chi connectivity index (χ3v) is 6.50. The summed E-state index contributed by atoms with van der Waals surface area (Å²) in [5, 5.41) is 0. The fraction of sp³-hybridized carbons (Fsp3) is 0.259. The highest BCUT2D eigenvalue weighted by Crippen LogP contribution is 2.56. The first-order chi connectivity index (χ1) is 16.4. The van der Waals surface area contributed by atoms with Crippen LogP contribution in [0.25, 0.3) is 11.1 Å². The largest absolute Gasteiger partial charge is 0.462 e. The van der Waals surface area contributed by atoms with Crippen LogP contribution in [0.2, 0.25) is 0 Å². The van der Waals surface area contributed by atoms with E-state index in [0.29, 0.717) is 0 Å². The van der Waals surface area contributed by atoms with Crippen LogP contribution in [0.15, 0.2) is 78.9 Å². The number of carbonyl (C=O) groups is 2. The van der Waals surface area contributed by atoms with E-state index in [2.05, 4.69) is 4.74 Å². The van der Waals surface area contributed by atoms with Gasteiger partial charge in [-0.15, -0.1) is 0 Å². The maximum atomic E-state index is 14.9. The van der Waals surface area contributed by atoms with Gasteiger partial charge in [0, 0.05) is 6.42 Å². The van der Waals surface area contributed by atoms with Crippen LogP contribution in [0, 0.1) is 0 Å². The zero-order valence-electron chi connectivity index (χ0n) is 18.5. The molecule has 1 heterocycles. The van der Waals surface area contributed by atoms with Crippen molar-refractivity contribution in [1.29, 1.82) is 0 Å². The molecule has 0 N–H and O–H groups in total. The molecule has 2 aliphatic rings. The molecule has 1 aliphatic heterocycles. The predicted molar refractivity (Wildman–Crippen MR) is 121 cm³/mol. The number of halogens is 2. The molecule has 0 saturated carbocycles. The Morgan fingerprint density at radius 2 is 1.56 bits per heavy atom. The fourth-order valence-electron chi connectivity index (χ4n) is 5.24. The Kier molecular flexibility index (Phi) is 5.35. The molecule has 0 bridgehead atoms. The zero-order chi connectivity index (χ0) is 23.9. The number of carbonyl (C=O) groups excluding carboxylic acids is 2. The number of hydrogen-bond acceptors (Lipinski definition) is 4. The molecule has 1 amide bonds. The number of rotatable bonds is 6. The van der Waals surface area contributed by atoms with Crippen molar-refractivity contribution in [2.24, 2.45) is 0 Å². The van der Waals surface area contributed by atoms with Crippen molar-refractivity contribution in [3.05, 3.63) is 95.6 Å². The molecule has 0 spiro atoms. The quantitative estimate of drug-likeness (QED) is 0.462. The molecule has 0 aromatic heterocycles. The Balaban J connectivity index is 1.73. The van der Waals surface area contributed by atoms with Crippen molar-refractivity contribution in [2.75, 3.05) is 13.2 Å². The Bertz CT molecular complexity index is 1200. The van der Waals surface area contributed by atoms with E-state index in [4.69, 9.17) is 4.74 Å². The van der Waals surface area contributed by atoms with Crippen LogP contribution in [-0.2, 0) is 19.8 Å². The molecule has 1 fully saturated rings. The van der Waals surface area contributed by atoms with Crippen molar-refractivity contribution >= 4 is 12.1 Å². The van der Waals surface area contributed by atoms with E-state index in [1.54, 1.807) is 0 Å². The van der Waals surface area contributed by atoms with Gasteiger partial charge in [0.05, 0.1) is 12.6 Å². The van der Waals surface area contributed by atoms with E-state index >= 15 is 0 Å². The number of nitrogens with zero attached hydrogens (tertiary/aromatic N) is 1. The van der Waals surface area contributed by atoms with Gasteiger partial charge in [0.1, 0.15) is 12.1 Å². The molecular weight excluding hydrogens is 440 g/mol. The number of amides is 1. The lowest BCUT2D eigenvalue weighted by Gasteiger charge is -2.43. The van der Waals surface area contributed by atoms with Crippen molar-refractivity contribution in [1.82, 2.24) is 4.90 Å². The Labute approximate surface area is 195 Å². The molecule has 7 heteroatoms. The summed E-state index contributed by atoms with van der Waals surface area (Å²) in [6.45, 7) is 1.05. The minimum Gasteiger partial charge on any atom is -0.462 e. The number of alkyl halides is 2. The smallest absolute Gasteiger partial charge is 0.411 e. The van der Waals surface area contributed by atoms with Crippen molar-refractivity contribution < 1.29 is 27.8 Å². The highest BCUT2D eigenvalue weighted by molar-refractivity contribution is 5.87. The molecule has 1 aliphatic carbocycles. The summed E-state index contributed by atoms with van der Waals surface area (Å²) in [7, 11) is 0. The summed E-state index contributed by atoms with van der Waals surface area (Å²) in [5.74, 6) is -5.38. The van der Waals surface area contributed by atoms with Gasteiger partial charge in [0.25, 0.3) is 0 Å². The molecule has 0 unspecified atom stereocenters. The molecule has 3 aromatic rings. The number of hydrogen-bond donors (Lipinski definition) is 0. The number of benzene rings is 3. The molecule has 1 atom stereocenters. The summed E-state index contributed by atoms with van der Waals surface area (Å²) in [6, 6.07) is 23.6. The summed E-state index contributed by atoms with van der Waals surface area (Å²) < 4.78 is 39.7. The second-order valence-electron chi connectivity index (χ2n) is 8.40. The van der Waals surface area contributed by atoms with E-state index in [-0.39, 0.29) is 13.2 Å². The Hall–Kier alpha value is -3.74. The van der Waals surface area contributed by atoms with Crippen LogP contribution in [0.1, 0.15) is 30.0 Å². The van der Waals surface area contributed by atoms with E-state index in [1.807, 2.05) is 78.9 Å². The minimum atomic E-state index is -3.78. The zero-order valence-corrected chi connectivity index (χ0v) is 18.5. The van der Waals surface area contributed by atoms with E-state index in [9.17, 15) is 18.4 Å². The monoisotopic (exact) mass is 463 g/mol. The van der Waals surface area contributed by atoms with E-state index in [0.717, 1.165) is 27.8 Å². The van der Waals surface area contributed by atoms with Gasteiger partial charge < -0.3 is 9.47 Å². The number of fused-ring (bicyclic) bond motifs is 3. The topological polar surface area (TPSA) is 55.8 Å². The first kappa shape index (κ1) is 22.1. The Morgan fingerprint density at radius 1 is 1.00 bits per heavy atom. The van der Waals surface area contributed by atoms with Gasteiger partial charge in [-0.2, -0.15) is 8.78 Å². The summed E-state index contributed by atoms with van der Waals surface area (Å²) in [5.41, 5.74) is 2.97. The average molecular weight is 463 g/mol. The molecular formula is C27H23F2NO4. The Morgan fingerprint density at radius 3 is 2.15 bits per heavy atom. The molecule has 5 rings (SSSR count). The summed E-state index contributed by atoms with van der Waals surface area (Å²) in [6.07, 6.45) is -1.61. The van der Waals surface area contributed by atoms with Crippen LogP contribution in [0.3, 0.4) is 0 Å². The van der Waals surface area contributed by atoms with Crippen LogP contribution < -0.4 is 0 Å². The first-order valence-corrected chi connectivity index (χ1v) is 11.2. The lowest BCUT2D eigenvalue weighted by molar-refractivity contribution is -0.174. The van der Waals surface area contributed by atoms with Crippen LogP contribution in [-0.4, -0.2) is 42.1 Å². The van der Waals surface area contributed by atoms with Gasteiger partial charge in [0.15, 0.2) is 0 Å². The van der Waals surface area contributed by atoms with Crippen molar-refractivity contribution in [2.45, 2.75) is 30.8 Å². The molecule has 3 aromatic carbocycles. The van der Waals surface area contributed by atoms with Gasteiger partial charge in [-0.3, -0.25) is 4.90 Å². The molecule has 0 radical (unpaired) electrons. The second kappa shape index (κ2) is 8.24. The van der Waals surface area contributed by atoms with Crippen LogP contribution >= 0.6 is 0 Å². The van der Waals surface area contributed by atoms with Gasteiger partial charge >= 0.3 is 18.0 Å². The van der Waals surface area contributed by atoms with Gasteiger partial charge in [-0.1, -0.05) is 78.9 Å². The molecule has 1 saturated heterocycles. The standard InChI is InChI=1S/C27H23F2NO4/c1-2-33-24(31)26(28,29)16-19-17-34-25(32)30(19)27(18-10-4-3-5-11-18)22-14-8-6-12-20(22)21-13-7-9-15-23(21)27/h3-15,19H,2,16-17H2,1H3/t19-/m1/s1. The first-order valence-electron chi connectivity index (χ1n) is 11.2. The van der Waals surface area contributed by atoms with Crippen LogP contribution in [0.4, 0.5) is 13.6 Å². The number of cyclic esters (lactones) is 1. The van der Waals surface area contributed by atoms with Gasteiger partial charge in [0.2, 0.25) is 0 Å². The lowest BCUT2D eigenvalue weighted by atomic mass is 9.78. The maximum absolute atomic E-state index is 14.9. The average Bonchev–Trinajstić information content (AvgIpc) is 3.35. The highest BCUT2D eigenvalue weighted by atomic mass is 19.3. The van der Waals surface area contributed by atoms with Crippen LogP contribution in [0.5, 0.6) is 0 Å². The molecule has 5 nitrogen and oxygen atoms in total. The minimum absolute atomic E-state index is 0.160. The predicted octanol–water partition coefficient (Wildman–Crippen LogP) is 5.37. The lowest BCUT2D eigenvalue weighted by Crippen LogP contribution is -2.53. The normalized spacial score (nSPS) is 18.3. The maximum Gasteiger partial charge on any atom is 0.411 e. The second-order valence-corrected chi connectivity index (χ2v) is 8.40. The molecule has 174 valence electrons. The highest BCUT2D eigenvalue weighted by Gasteiger charge is 2.58. The number of ether oxygens (including phenoxy) is 2. The van der Waals surface area contributed by atoms with Gasteiger partial charge in [-0.05, 0) is 34.7 Å². The van der Waals surface area contributed by atoms with Crippen molar-refractivity contribution in [3.8, 4) is 11.1 Å². The SMILES string of the molecule is CCOC(=O)C(F)(F)C[C@@H]1COC(=O)N1C1(c2ccccc2)c2ccccc2-c2ccccc21. The number of esters is 1. The molecule has 34 heavy (non-hydrogen) atoms.